The van der Waals surface area contributed by atoms with Crippen LogP contribution in [0.3, 0.4) is 0 Å². The van der Waals surface area contributed by atoms with Crippen molar-refractivity contribution in [3.63, 3.8) is 0 Å². The highest BCUT2D eigenvalue weighted by molar-refractivity contribution is 7.91. The molecule has 0 aliphatic rings. The third-order valence-electron chi connectivity index (χ3n) is 2.62. The second-order valence-electron chi connectivity index (χ2n) is 4.11. The molecule has 0 aromatic heterocycles. The molecule has 2 aromatic rings. The van der Waals surface area contributed by atoms with Crippen LogP contribution in [0.4, 0.5) is 0 Å². The molecule has 0 heterocycles. The molecule has 1 N–H and O–H groups in total. The van der Waals surface area contributed by atoms with E-state index in [4.69, 9.17) is 9.84 Å². The third kappa shape index (κ3) is 3.75. The maximum absolute atomic E-state index is 11.7. The third-order valence-corrected chi connectivity index (χ3v) is 4.62. The van der Waals surface area contributed by atoms with Gasteiger partial charge in [-0.1, -0.05) is 0 Å². The number of benzene rings is 2. The molecule has 0 aliphatic carbocycles. The fourth-order valence-corrected chi connectivity index (χ4v) is 2.78. The van der Waals surface area contributed by atoms with Crippen molar-refractivity contribution in [2.24, 2.45) is 0 Å². The molecule has 0 radical (unpaired) electrons. The Balaban J connectivity index is 2.14. The average molecular weight is 310 g/mol. The number of sulfone groups is 1. The number of aliphatic hydroxyl groups is 1. The SMILES string of the molecule is O=S(=O)(CCO)c1ccc(Oc2ccc(S)cc2)cc1. The monoisotopic (exact) mass is 310 g/mol. The number of hydrogen-bond acceptors (Lipinski definition) is 5. The van der Waals surface area contributed by atoms with Crippen LogP contribution in [0.5, 0.6) is 11.5 Å². The Hall–Kier alpha value is -1.50. The highest BCUT2D eigenvalue weighted by atomic mass is 32.2. The molecule has 2 rings (SSSR count). The van der Waals surface area contributed by atoms with Gasteiger partial charge in [-0.3, -0.25) is 0 Å². The summed E-state index contributed by atoms with van der Waals surface area (Å²) in [4.78, 5) is 1.01. The molecule has 0 atom stereocenters. The van der Waals surface area contributed by atoms with Gasteiger partial charge in [0.1, 0.15) is 11.5 Å². The molecule has 0 aliphatic heterocycles. The summed E-state index contributed by atoms with van der Waals surface area (Å²) < 4.78 is 29.0. The Bertz CT molecular complexity index is 661. The topological polar surface area (TPSA) is 63.6 Å². The molecular weight excluding hydrogens is 296 g/mol. The minimum absolute atomic E-state index is 0.171. The second-order valence-corrected chi connectivity index (χ2v) is 6.74. The van der Waals surface area contributed by atoms with Crippen LogP contribution in [0.25, 0.3) is 0 Å². The lowest BCUT2D eigenvalue weighted by Gasteiger charge is -2.07. The zero-order valence-electron chi connectivity index (χ0n) is 10.6. The number of rotatable bonds is 5. The van der Waals surface area contributed by atoms with Crippen LogP contribution in [0.15, 0.2) is 58.3 Å². The van der Waals surface area contributed by atoms with Crippen molar-refractivity contribution in [2.75, 3.05) is 12.4 Å². The zero-order chi connectivity index (χ0) is 14.6. The van der Waals surface area contributed by atoms with E-state index in [1.807, 2.05) is 0 Å². The van der Waals surface area contributed by atoms with E-state index in [0.29, 0.717) is 11.5 Å². The van der Waals surface area contributed by atoms with Crippen LogP contribution in [0, 0.1) is 0 Å². The first-order chi connectivity index (χ1) is 9.51. The molecule has 0 bridgehead atoms. The molecule has 0 unspecified atom stereocenters. The van der Waals surface area contributed by atoms with Crippen LogP contribution < -0.4 is 4.74 Å². The lowest BCUT2D eigenvalue weighted by molar-refractivity contribution is 0.319. The zero-order valence-corrected chi connectivity index (χ0v) is 12.3. The van der Waals surface area contributed by atoms with Crippen molar-refractivity contribution in [3.05, 3.63) is 48.5 Å². The summed E-state index contributed by atoms with van der Waals surface area (Å²) in [5, 5.41) is 8.72. The first kappa shape index (κ1) is 14.9. The van der Waals surface area contributed by atoms with E-state index in [2.05, 4.69) is 12.6 Å². The second kappa shape index (κ2) is 6.30. The normalized spacial score (nSPS) is 11.3. The van der Waals surface area contributed by atoms with Gasteiger partial charge in [0.25, 0.3) is 0 Å². The van der Waals surface area contributed by atoms with Gasteiger partial charge in [-0.2, -0.15) is 0 Å². The van der Waals surface area contributed by atoms with Gasteiger partial charge in [-0.15, -0.1) is 12.6 Å². The molecule has 0 spiro atoms. The van der Waals surface area contributed by atoms with E-state index in [1.165, 1.54) is 12.1 Å². The Labute approximate surface area is 123 Å². The van der Waals surface area contributed by atoms with Gasteiger partial charge in [0.05, 0.1) is 17.3 Å². The summed E-state index contributed by atoms with van der Waals surface area (Å²) in [7, 11) is -3.42. The Morgan fingerprint density at radius 1 is 0.950 bits per heavy atom. The fourth-order valence-electron chi connectivity index (χ4n) is 1.60. The largest absolute Gasteiger partial charge is 0.457 e. The average Bonchev–Trinajstić information content (AvgIpc) is 2.42. The maximum Gasteiger partial charge on any atom is 0.180 e. The summed E-state index contributed by atoms with van der Waals surface area (Å²) in [6.45, 7) is -0.392. The van der Waals surface area contributed by atoms with Crippen LogP contribution in [-0.4, -0.2) is 25.9 Å². The minimum atomic E-state index is -3.42. The molecule has 4 nitrogen and oxygen atoms in total. The molecule has 0 amide bonds. The van der Waals surface area contributed by atoms with E-state index in [9.17, 15) is 8.42 Å². The van der Waals surface area contributed by atoms with Crippen molar-refractivity contribution < 1.29 is 18.3 Å². The standard InChI is InChI=1S/C14H14O4S2/c15-9-10-20(16,17)14-7-3-12(4-8-14)18-11-1-5-13(19)6-2-11/h1-8,15,19H,9-10H2. The Morgan fingerprint density at radius 2 is 1.45 bits per heavy atom. The number of ether oxygens (including phenoxy) is 1. The highest BCUT2D eigenvalue weighted by Crippen LogP contribution is 2.24. The van der Waals surface area contributed by atoms with Crippen LogP contribution >= 0.6 is 12.6 Å². The molecule has 6 heteroatoms. The van der Waals surface area contributed by atoms with Crippen molar-refractivity contribution in [3.8, 4) is 11.5 Å². The summed E-state index contributed by atoms with van der Waals surface area (Å²) >= 11 is 4.18. The van der Waals surface area contributed by atoms with E-state index >= 15 is 0 Å². The van der Waals surface area contributed by atoms with E-state index < -0.39 is 16.4 Å². The quantitative estimate of drug-likeness (QED) is 0.833. The van der Waals surface area contributed by atoms with Gasteiger partial charge in [0.2, 0.25) is 0 Å². The summed E-state index contributed by atoms with van der Waals surface area (Å²) in [5.41, 5.74) is 0. The van der Waals surface area contributed by atoms with Gasteiger partial charge < -0.3 is 9.84 Å². The Morgan fingerprint density at radius 3 is 1.95 bits per heavy atom. The van der Waals surface area contributed by atoms with Gasteiger partial charge in [-0.05, 0) is 48.5 Å². The van der Waals surface area contributed by atoms with Crippen LogP contribution in [0.2, 0.25) is 0 Å². The lowest BCUT2D eigenvalue weighted by atomic mass is 10.3. The predicted molar refractivity (Wildman–Crippen MR) is 79.3 cm³/mol. The molecule has 20 heavy (non-hydrogen) atoms. The molecule has 2 aromatic carbocycles. The summed E-state index contributed by atoms with van der Waals surface area (Å²) in [5.74, 6) is 0.907. The molecule has 106 valence electrons. The Kier molecular flexibility index (Phi) is 4.69. The number of hydrogen-bond donors (Lipinski definition) is 2. The van der Waals surface area contributed by atoms with E-state index in [-0.39, 0.29) is 10.6 Å². The predicted octanol–water partition coefficient (Wildman–Crippen LogP) is 2.53. The fraction of sp³-hybridized carbons (Fsp3) is 0.143. The highest BCUT2D eigenvalue weighted by Gasteiger charge is 2.13. The first-order valence-electron chi connectivity index (χ1n) is 5.92. The van der Waals surface area contributed by atoms with Gasteiger partial charge >= 0.3 is 0 Å². The van der Waals surface area contributed by atoms with Crippen molar-refractivity contribution in [2.45, 2.75) is 9.79 Å². The number of thiol groups is 1. The van der Waals surface area contributed by atoms with Gasteiger partial charge in [0, 0.05) is 4.90 Å². The van der Waals surface area contributed by atoms with Crippen molar-refractivity contribution in [1.29, 1.82) is 0 Å². The van der Waals surface area contributed by atoms with Gasteiger partial charge in [0.15, 0.2) is 9.84 Å². The summed E-state index contributed by atoms with van der Waals surface area (Å²) in [6.07, 6.45) is 0. The van der Waals surface area contributed by atoms with E-state index in [1.54, 1.807) is 36.4 Å². The van der Waals surface area contributed by atoms with Crippen LogP contribution in [0.1, 0.15) is 0 Å². The maximum atomic E-state index is 11.7. The number of aliphatic hydroxyl groups excluding tert-OH is 1. The van der Waals surface area contributed by atoms with Gasteiger partial charge in [-0.25, -0.2) is 8.42 Å². The molecule has 0 fully saturated rings. The summed E-state index contributed by atoms with van der Waals surface area (Å²) in [6, 6.07) is 13.3. The molecule has 0 saturated carbocycles. The lowest BCUT2D eigenvalue weighted by Crippen LogP contribution is -2.09. The minimum Gasteiger partial charge on any atom is -0.457 e. The molecule has 0 saturated heterocycles. The first-order valence-corrected chi connectivity index (χ1v) is 8.02. The van der Waals surface area contributed by atoms with E-state index in [0.717, 1.165) is 4.90 Å². The van der Waals surface area contributed by atoms with Crippen molar-refractivity contribution in [1.82, 2.24) is 0 Å². The smallest absolute Gasteiger partial charge is 0.180 e. The van der Waals surface area contributed by atoms with Crippen LogP contribution in [-0.2, 0) is 9.84 Å². The van der Waals surface area contributed by atoms with Crippen molar-refractivity contribution >= 4 is 22.5 Å². The molecular formula is C14H14O4S2.